The number of para-hydroxylation sites is 1. The first kappa shape index (κ1) is 39.2. The van der Waals surface area contributed by atoms with Crippen LogP contribution >= 0.6 is 0 Å². The number of nitrogens with zero attached hydrogens (tertiary/aromatic N) is 1. The van der Waals surface area contributed by atoms with Crippen LogP contribution in [0, 0.1) is 0 Å². The minimum absolute atomic E-state index is 0.616. The molecule has 12 aromatic rings. The zero-order chi connectivity index (χ0) is 45.5. The average molecular weight is 878 g/mol. The van der Waals surface area contributed by atoms with Gasteiger partial charge in [0.15, 0.2) is 0 Å². The maximum Gasteiger partial charge on any atom is 0.140 e. The van der Waals surface area contributed by atoms with E-state index in [1.165, 1.54) is 72.0 Å². The summed E-state index contributed by atoms with van der Waals surface area (Å²) in [6.07, 6.45) is 0. The predicted molar refractivity (Wildman–Crippen MR) is 287 cm³/mol. The molecule has 0 N–H and O–H groups in total. The zero-order valence-corrected chi connectivity index (χ0v) is 37.7. The fourth-order valence-corrected chi connectivity index (χ4v) is 11.7. The number of fused-ring (bicyclic) bond motifs is 14. The van der Waals surface area contributed by atoms with Crippen molar-refractivity contribution in [2.75, 3.05) is 4.90 Å². The molecule has 2 aliphatic rings. The highest BCUT2D eigenvalue weighted by Gasteiger charge is 2.52. The molecule has 0 radical (unpaired) electrons. The summed E-state index contributed by atoms with van der Waals surface area (Å²) in [5.41, 5.74) is 17.2. The van der Waals surface area contributed by atoms with Gasteiger partial charge in [0.25, 0.3) is 0 Å². The van der Waals surface area contributed by atoms with Crippen LogP contribution in [0.15, 0.2) is 261 Å². The Morgan fingerprint density at radius 3 is 1.39 bits per heavy atom. The van der Waals surface area contributed by atoms with Crippen LogP contribution in [0.25, 0.3) is 76.8 Å². The van der Waals surface area contributed by atoms with E-state index in [1.807, 2.05) is 0 Å². The molecule has 2 heteroatoms. The minimum atomic E-state index is -0.616. The summed E-state index contributed by atoms with van der Waals surface area (Å²) in [5, 5.41) is 7.06. The summed E-state index contributed by atoms with van der Waals surface area (Å²) in [5.74, 6) is 1.85. The van der Waals surface area contributed by atoms with Crippen molar-refractivity contribution >= 4 is 49.4 Å². The molecule has 0 bridgehead atoms. The van der Waals surface area contributed by atoms with Crippen molar-refractivity contribution in [3.8, 4) is 56.0 Å². The Balaban J connectivity index is 0.946. The molecular weight excluding hydrogens is 835 g/mol. The SMILES string of the molecule is c1ccc(-c2ccccc2N(c2ccc(-c3cccc4c3-c3ccccc3C43c4ccc5ccccc5c4Oc4c3ccc3ccccc43)cc2)c2ccc(-c3cccc4ccccc34)cc2)cc1. The van der Waals surface area contributed by atoms with E-state index in [4.69, 9.17) is 4.74 Å². The van der Waals surface area contributed by atoms with E-state index in [9.17, 15) is 0 Å². The summed E-state index contributed by atoms with van der Waals surface area (Å²) >= 11 is 0. The molecule has 1 spiro atoms. The van der Waals surface area contributed by atoms with Gasteiger partial charge in [0, 0.05) is 38.8 Å². The lowest BCUT2D eigenvalue weighted by Crippen LogP contribution is -2.32. The van der Waals surface area contributed by atoms with Gasteiger partial charge in [-0.15, -0.1) is 0 Å². The number of benzene rings is 12. The van der Waals surface area contributed by atoms with Gasteiger partial charge in [-0.05, 0) is 102 Å². The summed E-state index contributed by atoms with van der Waals surface area (Å²) in [6.45, 7) is 0. The lowest BCUT2D eigenvalue weighted by Gasteiger charge is -2.40. The van der Waals surface area contributed by atoms with Gasteiger partial charge in [-0.3, -0.25) is 0 Å². The van der Waals surface area contributed by atoms with E-state index in [1.54, 1.807) is 0 Å². The molecule has 14 rings (SSSR count). The van der Waals surface area contributed by atoms with Gasteiger partial charge in [0.2, 0.25) is 0 Å². The van der Waals surface area contributed by atoms with Gasteiger partial charge in [-0.1, -0.05) is 231 Å². The van der Waals surface area contributed by atoms with Crippen molar-refractivity contribution in [1.29, 1.82) is 0 Å². The molecule has 0 amide bonds. The fourth-order valence-electron chi connectivity index (χ4n) is 11.7. The van der Waals surface area contributed by atoms with E-state index >= 15 is 0 Å². The van der Waals surface area contributed by atoms with Gasteiger partial charge in [-0.2, -0.15) is 0 Å². The molecular formula is C67H43NO. The first-order valence-corrected chi connectivity index (χ1v) is 23.8. The van der Waals surface area contributed by atoms with E-state index in [-0.39, 0.29) is 0 Å². The topological polar surface area (TPSA) is 12.5 Å². The molecule has 0 atom stereocenters. The normalized spacial score (nSPS) is 12.9. The van der Waals surface area contributed by atoms with Crippen molar-refractivity contribution in [3.05, 3.63) is 283 Å². The van der Waals surface area contributed by atoms with Gasteiger partial charge >= 0.3 is 0 Å². The minimum Gasteiger partial charge on any atom is -0.455 e. The first-order valence-electron chi connectivity index (χ1n) is 23.8. The van der Waals surface area contributed by atoms with Crippen molar-refractivity contribution in [1.82, 2.24) is 0 Å². The quantitative estimate of drug-likeness (QED) is 0.165. The van der Waals surface area contributed by atoms with Gasteiger partial charge in [0.1, 0.15) is 11.5 Å². The smallest absolute Gasteiger partial charge is 0.140 e. The zero-order valence-electron chi connectivity index (χ0n) is 37.7. The van der Waals surface area contributed by atoms with Crippen LogP contribution in [0.1, 0.15) is 22.3 Å². The predicted octanol–water partition coefficient (Wildman–Crippen LogP) is 18.1. The van der Waals surface area contributed by atoms with Crippen LogP contribution in [0.3, 0.4) is 0 Å². The molecule has 0 saturated carbocycles. The Kier molecular flexibility index (Phi) is 8.84. The lowest BCUT2D eigenvalue weighted by atomic mass is 9.65. The molecule has 322 valence electrons. The molecule has 0 aromatic heterocycles. The first-order chi connectivity index (χ1) is 34.2. The average Bonchev–Trinajstić information content (AvgIpc) is 3.72. The summed E-state index contributed by atoms with van der Waals surface area (Å²) in [6, 6.07) is 95.4. The van der Waals surface area contributed by atoms with E-state index in [0.29, 0.717) is 0 Å². The standard InChI is InChI=1S/C67H43NO/c1-2-16-45(17-3-1)54-23-11-13-31-63(54)68(50-38-32-48(33-39-50)53-27-14-21-44-18-4-7-22-52(44)53)51-40-34-49(35-41-51)55-28-15-30-60-64(55)58-26-10-12-29-59(58)67(60)61-42-36-46-19-5-8-24-56(46)65(61)69-66-57-25-9-6-20-47(57)37-43-62(66)67/h1-43H. The third-order valence-electron chi connectivity index (χ3n) is 14.7. The third kappa shape index (κ3) is 5.92. The Bertz CT molecular complexity index is 3890. The second-order valence-corrected chi connectivity index (χ2v) is 18.3. The Morgan fingerprint density at radius 1 is 0.275 bits per heavy atom. The van der Waals surface area contributed by atoms with Crippen LogP contribution in [-0.4, -0.2) is 0 Å². The largest absolute Gasteiger partial charge is 0.455 e. The van der Waals surface area contributed by atoms with E-state index in [0.717, 1.165) is 55.7 Å². The number of hydrogen-bond acceptors (Lipinski definition) is 2. The van der Waals surface area contributed by atoms with E-state index < -0.39 is 5.41 Å². The third-order valence-corrected chi connectivity index (χ3v) is 14.7. The second-order valence-electron chi connectivity index (χ2n) is 18.3. The Hall–Kier alpha value is -8.98. The van der Waals surface area contributed by atoms with Gasteiger partial charge < -0.3 is 9.64 Å². The molecule has 2 nitrogen and oxygen atoms in total. The van der Waals surface area contributed by atoms with Crippen molar-refractivity contribution in [2.24, 2.45) is 0 Å². The number of hydrogen-bond donors (Lipinski definition) is 0. The highest BCUT2D eigenvalue weighted by atomic mass is 16.5. The monoisotopic (exact) mass is 877 g/mol. The second kappa shape index (κ2) is 15.6. The lowest BCUT2D eigenvalue weighted by molar-refractivity contribution is 0.447. The molecule has 69 heavy (non-hydrogen) atoms. The highest BCUT2D eigenvalue weighted by molar-refractivity contribution is 6.03. The molecule has 0 unspecified atom stereocenters. The summed E-state index contributed by atoms with van der Waals surface area (Å²) < 4.78 is 7.22. The maximum absolute atomic E-state index is 7.22. The highest BCUT2D eigenvalue weighted by Crippen LogP contribution is 2.65. The van der Waals surface area contributed by atoms with Crippen molar-refractivity contribution in [2.45, 2.75) is 5.41 Å². The Labute approximate surface area is 401 Å². The van der Waals surface area contributed by atoms with Crippen LogP contribution in [0.4, 0.5) is 17.1 Å². The molecule has 1 aliphatic heterocycles. The van der Waals surface area contributed by atoms with Crippen molar-refractivity contribution in [3.63, 3.8) is 0 Å². The maximum atomic E-state index is 7.22. The van der Waals surface area contributed by atoms with Crippen LogP contribution in [0.5, 0.6) is 11.5 Å². The molecule has 12 aromatic carbocycles. The molecule has 1 heterocycles. The summed E-state index contributed by atoms with van der Waals surface area (Å²) in [7, 11) is 0. The van der Waals surface area contributed by atoms with E-state index in [2.05, 4.69) is 266 Å². The number of ether oxygens (including phenoxy) is 1. The summed E-state index contributed by atoms with van der Waals surface area (Å²) in [4.78, 5) is 2.41. The van der Waals surface area contributed by atoms with Crippen molar-refractivity contribution < 1.29 is 4.74 Å². The molecule has 0 fully saturated rings. The number of anilines is 3. The van der Waals surface area contributed by atoms with Crippen LogP contribution in [0.2, 0.25) is 0 Å². The molecule has 0 saturated heterocycles. The molecule has 1 aliphatic carbocycles. The number of rotatable bonds is 6. The van der Waals surface area contributed by atoms with Gasteiger partial charge in [-0.25, -0.2) is 0 Å². The fraction of sp³-hybridized carbons (Fsp3) is 0.0149. The van der Waals surface area contributed by atoms with Crippen LogP contribution < -0.4 is 9.64 Å². The van der Waals surface area contributed by atoms with Crippen LogP contribution in [-0.2, 0) is 5.41 Å². The Morgan fingerprint density at radius 2 is 0.725 bits per heavy atom. The van der Waals surface area contributed by atoms with Gasteiger partial charge in [0.05, 0.1) is 11.1 Å².